The van der Waals surface area contributed by atoms with Gasteiger partial charge >= 0.3 is 0 Å². The van der Waals surface area contributed by atoms with Crippen molar-refractivity contribution in [2.45, 2.75) is 20.7 Å². The normalized spacial score (nSPS) is 13.4. The lowest BCUT2D eigenvalue weighted by atomic mass is 10.0. The van der Waals surface area contributed by atoms with Crippen LogP contribution >= 0.6 is 0 Å². The number of aromatic nitrogens is 1. The number of furan rings is 1. The van der Waals surface area contributed by atoms with E-state index in [4.69, 9.17) is 8.53 Å². The van der Waals surface area contributed by atoms with Gasteiger partial charge in [-0.1, -0.05) is 54.6 Å². The molecule has 28 heavy (non-hydrogen) atoms. The SMILES string of the molecule is [2H]C([2H])([2H])c1cc[n+](-c2c(C)ccc3c2oc2c(-c4ccccc4)cccc23)c(C)c1. The van der Waals surface area contributed by atoms with E-state index in [1.807, 2.05) is 42.8 Å². The molecule has 0 saturated carbocycles. The highest BCUT2D eigenvalue weighted by molar-refractivity contribution is 6.11. The largest absolute Gasteiger partial charge is 0.448 e. The van der Waals surface area contributed by atoms with Crippen molar-refractivity contribution in [1.82, 2.24) is 0 Å². The van der Waals surface area contributed by atoms with Gasteiger partial charge in [0.25, 0.3) is 5.69 Å². The van der Waals surface area contributed by atoms with Gasteiger partial charge in [0.15, 0.2) is 11.9 Å². The highest BCUT2D eigenvalue weighted by Crippen LogP contribution is 2.37. The number of fused-ring (bicyclic) bond motifs is 3. The van der Waals surface area contributed by atoms with Gasteiger partial charge in [-0.2, -0.15) is 4.57 Å². The molecule has 5 rings (SSSR count). The molecular formula is C26H22NO+. The lowest BCUT2D eigenvalue weighted by Crippen LogP contribution is -2.34. The van der Waals surface area contributed by atoms with Crippen LogP contribution in [0.25, 0.3) is 38.8 Å². The molecule has 5 aromatic rings. The van der Waals surface area contributed by atoms with Crippen LogP contribution in [0, 0.1) is 20.7 Å². The average Bonchev–Trinajstić information content (AvgIpc) is 3.13. The maximum atomic E-state index is 7.70. The Balaban J connectivity index is 1.80. The summed E-state index contributed by atoms with van der Waals surface area (Å²) in [6.07, 6.45) is 1.82. The number of nitrogens with zero attached hydrogens (tertiary/aromatic N) is 1. The van der Waals surface area contributed by atoms with Crippen molar-refractivity contribution in [1.29, 1.82) is 0 Å². The maximum Gasteiger partial charge on any atom is 0.257 e. The van der Waals surface area contributed by atoms with E-state index in [-0.39, 0.29) is 0 Å². The number of hydrogen-bond acceptors (Lipinski definition) is 1. The summed E-state index contributed by atoms with van der Waals surface area (Å²) in [6.45, 7) is 1.84. The highest BCUT2D eigenvalue weighted by Gasteiger charge is 2.23. The summed E-state index contributed by atoms with van der Waals surface area (Å²) in [5.41, 5.74) is 6.98. The molecule has 2 nitrogen and oxygen atoms in total. The van der Waals surface area contributed by atoms with E-state index in [1.165, 1.54) is 0 Å². The Labute approximate surface area is 168 Å². The predicted octanol–water partition coefficient (Wildman–Crippen LogP) is 6.45. The van der Waals surface area contributed by atoms with E-state index in [0.29, 0.717) is 5.56 Å². The fourth-order valence-electron chi connectivity index (χ4n) is 3.96. The quantitative estimate of drug-likeness (QED) is 0.327. The molecule has 0 bridgehead atoms. The van der Waals surface area contributed by atoms with Crippen molar-refractivity contribution in [3.63, 3.8) is 0 Å². The van der Waals surface area contributed by atoms with Crippen LogP contribution in [0.4, 0.5) is 0 Å². The fraction of sp³-hybridized carbons (Fsp3) is 0.115. The third kappa shape index (κ3) is 2.53. The van der Waals surface area contributed by atoms with Gasteiger partial charge in [0.05, 0.1) is 0 Å². The lowest BCUT2D eigenvalue weighted by molar-refractivity contribution is -0.602. The zero-order valence-corrected chi connectivity index (χ0v) is 15.9. The topological polar surface area (TPSA) is 17.0 Å². The van der Waals surface area contributed by atoms with Gasteiger partial charge in [0.2, 0.25) is 5.58 Å². The Morgan fingerprint density at radius 2 is 1.64 bits per heavy atom. The van der Waals surface area contributed by atoms with Crippen LogP contribution in [-0.2, 0) is 0 Å². The molecule has 136 valence electrons. The maximum absolute atomic E-state index is 7.70. The lowest BCUT2D eigenvalue weighted by Gasteiger charge is -2.04. The van der Waals surface area contributed by atoms with Gasteiger partial charge < -0.3 is 4.42 Å². The molecule has 0 aliphatic heterocycles. The summed E-state index contributed by atoms with van der Waals surface area (Å²) < 4.78 is 31.6. The van der Waals surface area contributed by atoms with E-state index in [0.717, 1.165) is 50.0 Å². The van der Waals surface area contributed by atoms with E-state index < -0.39 is 6.85 Å². The molecule has 0 spiro atoms. The number of hydrogen-bond donors (Lipinski definition) is 0. The summed E-state index contributed by atoms with van der Waals surface area (Å²) in [7, 11) is 0. The second-order valence-electron chi connectivity index (χ2n) is 7.18. The molecule has 3 aromatic carbocycles. The van der Waals surface area contributed by atoms with Gasteiger partial charge in [-0.3, -0.25) is 0 Å². The third-order valence-electron chi connectivity index (χ3n) is 5.32. The number of para-hydroxylation sites is 1. The summed E-state index contributed by atoms with van der Waals surface area (Å²) in [5, 5.41) is 2.11. The smallest absolute Gasteiger partial charge is 0.257 e. The second-order valence-corrected chi connectivity index (χ2v) is 7.18. The molecule has 2 heteroatoms. The molecule has 0 aliphatic carbocycles. The monoisotopic (exact) mass is 367 g/mol. The van der Waals surface area contributed by atoms with E-state index in [1.54, 1.807) is 12.1 Å². The summed E-state index contributed by atoms with van der Waals surface area (Å²) in [5.74, 6) is 0. The Kier molecular flexibility index (Phi) is 3.11. The van der Waals surface area contributed by atoms with Crippen LogP contribution in [-0.4, -0.2) is 0 Å². The first-order valence-electron chi connectivity index (χ1n) is 10.9. The number of aryl methyl sites for hydroxylation is 3. The molecule has 2 heterocycles. The molecular weight excluding hydrogens is 342 g/mol. The van der Waals surface area contributed by atoms with Crippen LogP contribution in [0.3, 0.4) is 0 Å². The minimum absolute atomic E-state index is 0.335. The molecule has 0 fully saturated rings. The van der Waals surface area contributed by atoms with Gasteiger partial charge in [-0.25, -0.2) is 0 Å². The van der Waals surface area contributed by atoms with Crippen molar-refractivity contribution < 1.29 is 13.1 Å². The Morgan fingerprint density at radius 1 is 0.821 bits per heavy atom. The molecule has 0 saturated heterocycles. The number of benzene rings is 3. The second kappa shape index (κ2) is 6.35. The number of rotatable bonds is 2. The van der Waals surface area contributed by atoms with Crippen LogP contribution in [0.15, 0.2) is 83.4 Å². The van der Waals surface area contributed by atoms with E-state index in [9.17, 15) is 0 Å². The first-order chi connectivity index (χ1) is 14.8. The zero-order chi connectivity index (χ0) is 21.8. The van der Waals surface area contributed by atoms with Crippen molar-refractivity contribution in [2.75, 3.05) is 0 Å². The molecule has 0 unspecified atom stereocenters. The van der Waals surface area contributed by atoms with Crippen molar-refractivity contribution in [3.8, 4) is 16.8 Å². The van der Waals surface area contributed by atoms with Crippen molar-refractivity contribution >= 4 is 21.9 Å². The minimum atomic E-state index is -2.13. The van der Waals surface area contributed by atoms with Crippen LogP contribution < -0.4 is 4.57 Å². The first kappa shape index (κ1) is 13.7. The minimum Gasteiger partial charge on any atom is -0.448 e. The zero-order valence-electron chi connectivity index (χ0n) is 18.9. The molecule has 0 radical (unpaired) electrons. The molecule has 0 atom stereocenters. The standard InChI is InChI=1S/C26H22NO/c1-17-14-15-27(19(3)16-17)24-18(2)12-13-23-22-11-7-10-21(25(22)28-26(23)24)20-8-5-4-6-9-20/h4-16H,1-3H3/q+1/i1D3. The molecule has 2 aromatic heterocycles. The Bertz CT molecular complexity index is 1430. The van der Waals surface area contributed by atoms with Crippen molar-refractivity contribution in [2.24, 2.45) is 0 Å². The highest BCUT2D eigenvalue weighted by atomic mass is 16.3. The van der Waals surface area contributed by atoms with Crippen LogP contribution in [0.1, 0.15) is 20.9 Å². The van der Waals surface area contributed by atoms with Crippen LogP contribution in [0.2, 0.25) is 0 Å². The summed E-state index contributed by atoms with van der Waals surface area (Å²) >= 11 is 0. The molecule has 0 amide bonds. The van der Waals surface area contributed by atoms with E-state index >= 15 is 0 Å². The van der Waals surface area contributed by atoms with Crippen molar-refractivity contribution in [3.05, 3.63) is 95.8 Å². The Morgan fingerprint density at radius 3 is 2.43 bits per heavy atom. The van der Waals surface area contributed by atoms with E-state index in [2.05, 4.69) is 42.5 Å². The fourth-order valence-corrected chi connectivity index (χ4v) is 3.96. The Hall–Kier alpha value is -3.39. The van der Waals surface area contributed by atoms with Gasteiger partial charge in [0, 0.05) is 45.1 Å². The van der Waals surface area contributed by atoms with Gasteiger partial charge in [-0.05, 0) is 31.0 Å². The predicted molar refractivity (Wildman–Crippen MR) is 115 cm³/mol. The first-order valence-corrected chi connectivity index (χ1v) is 9.38. The third-order valence-corrected chi connectivity index (χ3v) is 5.32. The van der Waals surface area contributed by atoms with Gasteiger partial charge in [0.1, 0.15) is 5.58 Å². The van der Waals surface area contributed by atoms with Gasteiger partial charge in [-0.15, -0.1) is 0 Å². The van der Waals surface area contributed by atoms with Crippen LogP contribution in [0.5, 0.6) is 0 Å². The number of pyridine rings is 1. The molecule has 0 aliphatic rings. The molecule has 0 N–H and O–H groups in total. The summed E-state index contributed by atoms with van der Waals surface area (Å²) in [4.78, 5) is 0. The average molecular weight is 367 g/mol. The summed E-state index contributed by atoms with van der Waals surface area (Å²) in [6, 6.07) is 24.0.